The lowest BCUT2D eigenvalue weighted by Gasteiger charge is -2.33. The number of aliphatic hydroxyl groups is 1. The van der Waals surface area contributed by atoms with Gasteiger partial charge in [0.15, 0.2) is 0 Å². The highest BCUT2D eigenvalue weighted by Crippen LogP contribution is 2.68. The van der Waals surface area contributed by atoms with Crippen molar-refractivity contribution in [1.29, 1.82) is 10.5 Å². The van der Waals surface area contributed by atoms with Crippen LogP contribution in [0, 0.1) is 29.6 Å². The molecule has 0 amide bonds. The van der Waals surface area contributed by atoms with Crippen LogP contribution in [-0.4, -0.2) is 5.11 Å². The van der Waals surface area contributed by atoms with Crippen LogP contribution in [0.25, 0.3) is 77.9 Å². The second-order valence-electron chi connectivity index (χ2n) is 33.2. The summed E-state index contributed by atoms with van der Waals surface area (Å²) in [7, 11) is 0. The third-order valence-electron chi connectivity index (χ3n) is 27.2. The molecule has 6 aliphatic rings. The van der Waals surface area contributed by atoms with Crippen LogP contribution in [0.5, 0.6) is 0 Å². The molecule has 24 rings (SSSR count). The van der Waals surface area contributed by atoms with Gasteiger partial charge in [-0.15, -0.1) is 0 Å². The number of hydrogen-bond donors (Lipinski definition) is 1. The van der Waals surface area contributed by atoms with Gasteiger partial charge in [0.2, 0.25) is 0 Å². The summed E-state index contributed by atoms with van der Waals surface area (Å²) in [6.07, 6.45) is 0.646. The highest BCUT2D eigenvalue weighted by atomic mass is 16.3. The molecule has 0 aromatic heterocycles. The first-order valence-corrected chi connectivity index (χ1v) is 42.0. The van der Waals surface area contributed by atoms with Crippen LogP contribution >= 0.6 is 0 Å². The van der Waals surface area contributed by atoms with Crippen molar-refractivity contribution in [2.24, 2.45) is 0 Å². The lowest BCUT2D eigenvalue weighted by molar-refractivity contribution is 0.281. The van der Waals surface area contributed by atoms with Crippen LogP contribution in [0.1, 0.15) is 100 Å². The molecule has 0 fully saturated rings. The number of para-hydroxylation sites is 2. The minimum Gasteiger partial charge on any atom is -0.392 e. The largest absolute Gasteiger partial charge is 0.392 e. The SMILES string of the molecule is Cc1ccc(N(c2ccc(Cc3ccccc3N(c3ccc(-c4cccc(N(c5ccccc5)c5ccc6c(c5)C5(c7ccccc7-6)c6cc(C#N)ccc6-c6ccc(C#N)cc65)c4)cc3)c3ccc4c(c3)C3(c5ccccc5-c5ccccc53)c3cc(CO)ccc3-4)cc2)c2ccc3c(c2)C2(c4ccccc4-c4ccccc42)c2ccccc2-3)cc1. The van der Waals surface area contributed by atoms with Crippen molar-refractivity contribution in [3.8, 4) is 90.0 Å². The third-order valence-corrected chi connectivity index (χ3v) is 27.2. The van der Waals surface area contributed by atoms with E-state index in [1.54, 1.807) is 0 Å². The van der Waals surface area contributed by atoms with Gasteiger partial charge in [0.05, 0.1) is 46.1 Å². The fourth-order valence-electron chi connectivity index (χ4n) is 22.2. The predicted octanol–water partition coefficient (Wildman–Crippen LogP) is 27.9. The minimum absolute atomic E-state index is 0.0658. The summed E-state index contributed by atoms with van der Waals surface area (Å²) in [5.41, 5.74) is 43.7. The molecule has 570 valence electrons. The van der Waals surface area contributed by atoms with Crippen molar-refractivity contribution in [1.82, 2.24) is 0 Å². The Labute approximate surface area is 709 Å². The van der Waals surface area contributed by atoms with Gasteiger partial charge in [0, 0.05) is 51.2 Å². The second kappa shape index (κ2) is 27.2. The highest BCUT2D eigenvalue weighted by molar-refractivity contribution is 6.01. The Morgan fingerprint density at radius 3 is 1.02 bits per heavy atom. The van der Waals surface area contributed by atoms with Gasteiger partial charge in [-0.3, -0.25) is 0 Å². The first kappa shape index (κ1) is 70.5. The van der Waals surface area contributed by atoms with Crippen LogP contribution in [0.15, 0.2) is 406 Å². The van der Waals surface area contributed by atoms with E-state index < -0.39 is 16.2 Å². The number of nitrogens with zero attached hydrogens (tertiary/aromatic N) is 5. The Hall–Kier alpha value is -15.7. The molecule has 0 atom stereocenters. The molecule has 0 heterocycles. The van der Waals surface area contributed by atoms with E-state index in [4.69, 9.17) is 0 Å². The lowest BCUT2D eigenvalue weighted by Crippen LogP contribution is -2.26. The smallest absolute Gasteiger partial charge is 0.0991 e. The number of aryl methyl sites for hydroxylation is 1. The van der Waals surface area contributed by atoms with Crippen molar-refractivity contribution in [3.05, 3.63) is 507 Å². The maximum atomic E-state index is 10.9. The molecule has 6 aliphatic carbocycles. The third kappa shape index (κ3) is 10.0. The molecule has 6 heteroatoms. The zero-order valence-corrected chi connectivity index (χ0v) is 66.8. The molecule has 0 unspecified atom stereocenters. The van der Waals surface area contributed by atoms with E-state index in [9.17, 15) is 15.6 Å². The van der Waals surface area contributed by atoms with E-state index in [1.165, 1.54) is 106 Å². The van der Waals surface area contributed by atoms with Crippen molar-refractivity contribution < 1.29 is 5.11 Å². The summed E-state index contributed by atoms with van der Waals surface area (Å²) in [6, 6.07) is 154. The number of rotatable bonds is 13. The summed E-state index contributed by atoms with van der Waals surface area (Å²) in [5, 5.41) is 32.0. The number of fused-ring (bicyclic) bond motifs is 30. The molecule has 18 aromatic rings. The van der Waals surface area contributed by atoms with E-state index >= 15 is 0 Å². The Bertz CT molecular complexity index is 7360. The normalized spacial score (nSPS) is 13.6. The average Bonchev–Trinajstić information content (AvgIpc) is 1.52. The first-order valence-electron chi connectivity index (χ1n) is 42.0. The fraction of sp³-hybridized carbons (Fsp3) is 0.0517. The molecule has 0 saturated heterocycles. The van der Waals surface area contributed by atoms with Crippen LogP contribution in [0.2, 0.25) is 0 Å². The summed E-state index contributed by atoms with van der Waals surface area (Å²) in [6.45, 7) is 2.09. The molecular formula is C116H75N5O. The van der Waals surface area contributed by atoms with Gasteiger partial charge >= 0.3 is 0 Å². The van der Waals surface area contributed by atoms with Crippen molar-refractivity contribution in [2.75, 3.05) is 14.7 Å². The van der Waals surface area contributed by atoms with Gasteiger partial charge in [0.1, 0.15) is 0 Å². The van der Waals surface area contributed by atoms with Crippen LogP contribution in [0.4, 0.5) is 51.2 Å². The lowest BCUT2D eigenvalue weighted by atomic mass is 9.70. The van der Waals surface area contributed by atoms with E-state index in [0.717, 1.165) is 112 Å². The molecule has 0 saturated carbocycles. The van der Waals surface area contributed by atoms with E-state index in [0.29, 0.717) is 17.5 Å². The number of aliphatic hydroxyl groups excluding tert-OH is 1. The summed E-state index contributed by atoms with van der Waals surface area (Å²) in [5.74, 6) is 0. The Balaban J connectivity index is 0.631. The van der Waals surface area contributed by atoms with Crippen LogP contribution in [0.3, 0.4) is 0 Å². The van der Waals surface area contributed by atoms with Gasteiger partial charge in [-0.2, -0.15) is 10.5 Å². The molecule has 0 radical (unpaired) electrons. The quantitative estimate of drug-likeness (QED) is 0.124. The molecule has 18 aromatic carbocycles. The second-order valence-corrected chi connectivity index (χ2v) is 33.2. The topological polar surface area (TPSA) is 77.5 Å². The van der Waals surface area contributed by atoms with Gasteiger partial charge in [-0.1, -0.05) is 285 Å². The number of anilines is 9. The van der Waals surface area contributed by atoms with Gasteiger partial charge in [-0.25, -0.2) is 0 Å². The summed E-state index contributed by atoms with van der Waals surface area (Å²) in [4.78, 5) is 7.27. The van der Waals surface area contributed by atoms with Crippen molar-refractivity contribution >= 4 is 51.2 Å². The summed E-state index contributed by atoms with van der Waals surface area (Å²) < 4.78 is 0. The standard InChI is InChI=1S/C116H75N5O/c1-73-38-47-82(48-39-73)119(86-53-59-98-93-29-10-14-33-103(93)114(110(98)67-86)101-31-12-6-25-89(101)90-26-7-13-32-102(90)114)83-49-40-74(41-50-83)62-80-20-5-18-37-113(80)121(88-55-61-100-97-58-44-77(72-122)65-109(97)115(111(100)69-88)104-34-15-8-27-91(104)92-28-9-16-35-105(92)115)84-51-45-78(46-52-84)79-21-19-24-85(66-79)120(81-22-3-2-4-23-81)87-54-60-99-94-30-11-17-36-106(94)116(112(99)68-87)107-63-75(70-117)42-56-95(107)96-57-43-76(71-118)64-108(96)116/h2-61,63-69,122H,62,72H2,1H3. The molecular weight excluding hydrogens is 1480 g/mol. The average molecular weight is 1550 g/mol. The molecule has 122 heavy (non-hydrogen) atoms. The zero-order valence-electron chi connectivity index (χ0n) is 66.8. The van der Waals surface area contributed by atoms with Gasteiger partial charge in [0.25, 0.3) is 0 Å². The Morgan fingerprint density at radius 1 is 0.238 bits per heavy atom. The molecule has 3 spiro atoms. The monoisotopic (exact) mass is 1550 g/mol. The molecule has 0 bridgehead atoms. The van der Waals surface area contributed by atoms with Gasteiger partial charge < -0.3 is 19.8 Å². The van der Waals surface area contributed by atoms with E-state index in [1.807, 2.05) is 12.1 Å². The van der Waals surface area contributed by atoms with Crippen LogP contribution in [-0.2, 0) is 29.3 Å². The molecule has 0 aliphatic heterocycles. The fourth-order valence-corrected chi connectivity index (χ4v) is 22.2. The molecule has 1 N–H and O–H groups in total. The predicted molar refractivity (Wildman–Crippen MR) is 494 cm³/mol. The Morgan fingerprint density at radius 2 is 0.549 bits per heavy atom. The Kier molecular flexibility index (Phi) is 15.7. The minimum atomic E-state index is -0.810. The number of nitriles is 2. The first-order chi connectivity index (χ1) is 60.2. The number of benzene rings is 18. The molecule has 6 nitrogen and oxygen atoms in total. The summed E-state index contributed by atoms with van der Waals surface area (Å²) >= 11 is 0. The maximum Gasteiger partial charge on any atom is 0.0991 e. The van der Waals surface area contributed by atoms with Gasteiger partial charge in [-0.05, 0) is 302 Å². The van der Waals surface area contributed by atoms with Crippen LogP contribution < -0.4 is 14.7 Å². The number of hydrogen-bond acceptors (Lipinski definition) is 6. The van der Waals surface area contributed by atoms with E-state index in [2.05, 4.69) is 428 Å². The van der Waals surface area contributed by atoms with Crippen molar-refractivity contribution in [3.63, 3.8) is 0 Å². The zero-order chi connectivity index (χ0) is 81.1. The maximum absolute atomic E-state index is 10.9. The van der Waals surface area contributed by atoms with E-state index in [-0.39, 0.29) is 6.61 Å². The highest BCUT2D eigenvalue weighted by Gasteiger charge is 2.55. The van der Waals surface area contributed by atoms with Crippen molar-refractivity contribution in [2.45, 2.75) is 36.2 Å².